The van der Waals surface area contributed by atoms with Gasteiger partial charge in [-0.2, -0.15) is 0 Å². The molecule has 0 fully saturated rings. The lowest BCUT2D eigenvalue weighted by Crippen LogP contribution is -2.56. The third-order valence-electron chi connectivity index (χ3n) is 4.65. The smallest absolute Gasteiger partial charge is 0.243 e. The van der Waals surface area contributed by atoms with E-state index < -0.39 is 47.3 Å². The quantitative estimate of drug-likeness (QED) is 0.398. The summed E-state index contributed by atoms with van der Waals surface area (Å²) in [6.45, 7) is 16.4. The highest BCUT2D eigenvalue weighted by atomic mass is 16.2. The highest BCUT2D eigenvalue weighted by molar-refractivity contribution is 5.95. The van der Waals surface area contributed by atoms with Crippen molar-refractivity contribution >= 4 is 23.5 Å². The summed E-state index contributed by atoms with van der Waals surface area (Å²) < 4.78 is 0. The third kappa shape index (κ3) is 10.2. The maximum absolute atomic E-state index is 12.7. The van der Waals surface area contributed by atoms with Gasteiger partial charge in [0.25, 0.3) is 0 Å². The first-order valence-electron chi connectivity index (χ1n) is 10.8. The lowest BCUT2D eigenvalue weighted by Gasteiger charge is -2.27. The van der Waals surface area contributed by atoms with Crippen LogP contribution in [0.3, 0.4) is 0 Å². The zero-order chi connectivity index (χ0) is 23.8. The molecule has 4 atom stereocenters. The van der Waals surface area contributed by atoms with Gasteiger partial charge in [0.15, 0.2) is 5.78 Å². The fourth-order valence-electron chi connectivity index (χ4n) is 3.03. The molecule has 0 bridgehead atoms. The van der Waals surface area contributed by atoms with Crippen LogP contribution in [0.15, 0.2) is 0 Å². The van der Waals surface area contributed by atoms with Gasteiger partial charge in [-0.15, -0.1) is 0 Å². The van der Waals surface area contributed by atoms with Crippen LogP contribution in [0.1, 0.15) is 75.2 Å². The van der Waals surface area contributed by atoms with Crippen molar-refractivity contribution in [1.82, 2.24) is 16.0 Å². The van der Waals surface area contributed by atoms with E-state index >= 15 is 0 Å². The minimum atomic E-state index is -0.841. The summed E-state index contributed by atoms with van der Waals surface area (Å²) in [5.41, 5.74) is 5.27. The minimum Gasteiger partial charge on any atom is -0.345 e. The monoisotopic (exact) mass is 426 g/mol. The predicted octanol–water partition coefficient (Wildman–Crippen LogP) is 1.52. The van der Waals surface area contributed by atoms with Crippen LogP contribution >= 0.6 is 0 Å². The topological polar surface area (TPSA) is 130 Å². The zero-order valence-corrected chi connectivity index (χ0v) is 20.1. The lowest BCUT2D eigenvalue weighted by atomic mass is 9.87. The van der Waals surface area contributed by atoms with E-state index in [1.54, 1.807) is 34.6 Å². The number of hydrogen-bond donors (Lipinski definition) is 4. The van der Waals surface area contributed by atoms with Crippen LogP contribution in [0.5, 0.6) is 0 Å². The average molecular weight is 427 g/mol. The maximum atomic E-state index is 12.7. The molecule has 0 saturated carbocycles. The summed E-state index contributed by atoms with van der Waals surface area (Å²) in [6.07, 6.45) is 0.916. The van der Waals surface area contributed by atoms with Crippen molar-refractivity contribution in [3.63, 3.8) is 0 Å². The van der Waals surface area contributed by atoms with Crippen LogP contribution < -0.4 is 21.7 Å². The lowest BCUT2D eigenvalue weighted by molar-refractivity contribution is -0.135. The van der Waals surface area contributed by atoms with Crippen LogP contribution in [0.2, 0.25) is 0 Å². The summed E-state index contributed by atoms with van der Waals surface area (Å²) in [7, 11) is 0. The first kappa shape index (κ1) is 28.0. The van der Waals surface area contributed by atoms with Gasteiger partial charge in [-0.25, -0.2) is 0 Å². The number of nitrogens with one attached hydrogen (secondary N) is 3. The number of ketones is 1. The van der Waals surface area contributed by atoms with Gasteiger partial charge >= 0.3 is 0 Å². The molecule has 0 aliphatic carbocycles. The Labute approximate surface area is 181 Å². The van der Waals surface area contributed by atoms with Crippen LogP contribution in [0.25, 0.3) is 0 Å². The van der Waals surface area contributed by atoms with Gasteiger partial charge in [0.05, 0.1) is 12.1 Å². The average Bonchev–Trinajstić information content (AvgIpc) is 2.58. The van der Waals surface area contributed by atoms with Crippen molar-refractivity contribution in [2.24, 2.45) is 23.0 Å². The van der Waals surface area contributed by atoms with E-state index in [4.69, 9.17) is 5.73 Å². The Balaban J connectivity index is 5.07. The van der Waals surface area contributed by atoms with Crippen LogP contribution in [-0.2, 0) is 19.2 Å². The van der Waals surface area contributed by atoms with Gasteiger partial charge in [0.1, 0.15) is 12.1 Å². The van der Waals surface area contributed by atoms with E-state index in [9.17, 15) is 19.2 Å². The molecule has 0 aliphatic heterocycles. The molecule has 8 heteroatoms. The molecule has 0 aromatic carbocycles. The number of rotatable bonds is 11. The molecular weight excluding hydrogens is 384 g/mol. The molecule has 0 heterocycles. The summed E-state index contributed by atoms with van der Waals surface area (Å²) >= 11 is 0. The molecule has 0 aliphatic rings. The van der Waals surface area contributed by atoms with Gasteiger partial charge in [0, 0.05) is 5.41 Å². The number of carbonyl (C=O) groups is 4. The molecule has 0 aromatic heterocycles. The normalized spacial score (nSPS) is 15.9. The van der Waals surface area contributed by atoms with Gasteiger partial charge in [0.2, 0.25) is 17.7 Å². The van der Waals surface area contributed by atoms with Crippen molar-refractivity contribution in [1.29, 1.82) is 0 Å². The summed E-state index contributed by atoms with van der Waals surface area (Å²) in [5, 5.41) is 8.00. The molecule has 4 unspecified atom stereocenters. The third-order valence-corrected chi connectivity index (χ3v) is 4.65. The molecule has 0 rings (SSSR count). The SMILES string of the molecule is CC(C)CC(N)C(=O)NC(C)C(=O)NC(CC(C)C)C(=O)NC(C)C(=O)C(C)(C)C. The summed E-state index contributed by atoms with van der Waals surface area (Å²) in [5.74, 6) is -0.996. The highest BCUT2D eigenvalue weighted by Gasteiger charge is 2.31. The molecule has 3 amide bonds. The molecule has 0 radical (unpaired) electrons. The zero-order valence-electron chi connectivity index (χ0n) is 20.1. The van der Waals surface area contributed by atoms with E-state index in [0.29, 0.717) is 12.8 Å². The molecule has 5 N–H and O–H groups in total. The molecular formula is C22H42N4O4. The van der Waals surface area contributed by atoms with E-state index in [0.717, 1.165) is 0 Å². The van der Waals surface area contributed by atoms with Gasteiger partial charge in [-0.3, -0.25) is 19.2 Å². The van der Waals surface area contributed by atoms with Gasteiger partial charge < -0.3 is 21.7 Å². The molecule has 0 saturated heterocycles. The number of hydrogen-bond acceptors (Lipinski definition) is 5. The highest BCUT2D eigenvalue weighted by Crippen LogP contribution is 2.17. The van der Waals surface area contributed by atoms with Crippen LogP contribution in [0, 0.1) is 17.3 Å². The Morgan fingerprint density at radius 2 is 1.17 bits per heavy atom. The Morgan fingerprint density at radius 3 is 1.60 bits per heavy atom. The molecule has 0 aromatic rings. The Kier molecular flexibility index (Phi) is 11.2. The number of Topliss-reactive ketones (excluding diaryl/α,β-unsaturated/α-hetero) is 1. The van der Waals surface area contributed by atoms with Gasteiger partial charge in [-0.1, -0.05) is 48.5 Å². The maximum Gasteiger partial charge on any atom is 0.243 e. The standard InChI is InChI=1S/C22H42N4O4/c1-12(2)10-16(23)20(29)25-15(6)19(28)26-17(11-13(3)4)21(30)24-14(5)18(27)22(7,8)9/h12-17H,10-11,23H2,1-9H3,(H,24,30)(H,25,29)(H,26,28). The van der Waals surface area contributed by atoms with Crippen molar-refractivity contribution in [2.75, 3.05) is 0 Å². The Morgan fingerprint density at radius 1 is 0.700 bits per heavy atom. The van der Waals surface area contributed by atoms with E-state index in [1.165, 1.54) is 0 Å². The van der Waals surface area contributed by atoms with Crippen molar-refractivity contribution in [3.8, 4) is 0 Å². The minimum absolute atomic E-state index is 0.0924. The number of amides is 3. The van der Waals surface area contributed by atoms with E-state index in [1.807, 2.05) is 27.7 Å². The molecule has 30 heavy (non-hydrogen) atoms. The molecule has 0 spiro atoms. The Bertz CT molecular complexity index is 611. The molecule has 174 valence electrons. The largest absolute Gasteiger partial charge is 0.345 e. The second-order valence-corrected chi connectivity index (χ2v) is 10.0. The fourth-order valence-corrected chi connectivity index (χ4v) is 3.03. The predicted molar refractivity (Wildman–Crippen MR) is 118 cm³/mol. The first-order valence-corrected chi connectivity index (χ1v) is 10.8. The van der Waals surface area contributed by atoms with Crippen molar-refractivity contribution in [2.45, 2.75) is 99.3 Å². The van der Waals surface area contributed by atoms with Crippen LogP contribution in [0.4, 0.5) is 0 Å². The Hall–Kier alpha value is -1.96. The fraction of sp³-hybridized carbons (Fsp3) is 0.818. The van der Waals surface area contributed by atoms with Gasteiger partial charge in [-0.05, 0) is 38.5 Å². The summed E-state index contributed by atoms with van der Waals surface area (Å²) in [6, 6.07) is -3.02. The van der Waals surface area contributed by atoms with Crippen LogP contribution in [-0.4, -0.2) is 47.7 Å². The second-order valence-electron chi connectivity index (χ2n) is 10.0. The molecule has 8 nitrogen and oxygen atoms in total. The number of carbonyl (C=O) groups excluding carboxylic acids is 4. The number of nitrogens with two attached hydrogens (primary N) is 1. The second kappa shape index (κ2) is 12.0. The summed E-state index contributed by atoms with van der Waals surface area (Å²) in [4.78, 5) is 49.9. The van der Waals surface area contributed by atoms with E-state index in [-0.39, 0.29) is 17.6 Å². The first-order chi connectivity index (χ1) is 13.6. The van der Waals surface area contributed by atoms with Crippen molar-refractivity contribution in [3.05, 3.63) is 0 Å². The van der Waals surface area contributed by atoms with E-state index in [2.05, 4.69) is 16.0 Å². The van der Waals surface area contributed by atoms with Crippen molar-refractivity contribution < 1.29 is 19.2 Å².